The lowest BCUT2D eigenvalue weighted by Crippen LogP contribution is -2.52. The number of nitrogens with one attached hydrogen (secondary N) is 3. The van der Waals surface area contributed by atoms with Gasteiger partial charge in [-0.05, 0) is 86.1 Å². The van der Waals surface area contributed by atoms with Gasteiger partial charge in [0.05, 0.1) is 20.8 Å². The number of ether oxygens (including phenoxy) is 4. The lowest BCUT2D eigenvalue weighted by Gasteiger charge is -2.29. The molecule has 2 aliphatic heterocycles. The smallest absolute Gasteiger partial charge is 0.257 e. The van der Waals surface area contributed by atoms with Crippen LogP contribution in [0.1, 0.15) is 59.2 Å². The number of rotatable bonds is 18. The molecule has 270 valence electrons. The molecule has 1 saturated heterocycles. The normalized spacial score (nSPS) is 15.1. The fourth-order valence-corrected chi connectivity index (χ4v) is 6.12. The Balaban J connectivity index is 0.938. The Kier molecular flexibility index (Phi) is 12.9. The molecule has 0 aromatic heterocycles. The van der Waals surface area contributed by atoms with Crippen LogP contribution in [0.2, 0.25) is 0 Å². The van der Waals surface area contributed by atoms with E-state index in [0.717, 1.165) is 24.8 Å². The van der Waals surface area contributed by atoms with E-state index in [1.54, 1.807) is 32.4 Å². The number of imide groups is 1. The minimum atomic E-state index is -0.730. The molecule has 2 aliphatic rings. The molecule has 0 bridgehead atoms. The molecule has 5 amide bonds. The van der Waals surface area contributed by atoms with Gasteiger partial charge in [0.15, 0.2) is 24.7 Å². The topological polar surface area (TPSA) is 162 Å². The zero-order valence-corrected chi connectivity index (χ0v) is 29.0. The Morgan fingerprint density at radius 3 is 2.18 bits per heavy atom. The molecule has 0 spiro atoms. The molecule has 0 radical (unpaired) electrons. The zero-order chi connectivity index (χ0) is 36.2. The Labute approximate surface area is 297 Å². The standard InChI is InChI=1S/C38H44N4O9/c1-48-32-16-14-26(21-33(32)49-2)9-5-8-25-10-6-11-27(20-25)50-23-35(44)39-18-3-4-19-40-36(45)24-51-31-13-7-12-28-29(31)22-42(38(28)47)30-15-17-34(43)41-37(30)46/h6-7,10-14,16,20-21,30H,3-5,8-9,15,17-19,22-24H2,1-2H3,(H,39,44)(H,40,45)(H,41,43,46). The van der Waals surface area contributed by atoms with E-state index in [1.807, 2.05) is 42.5 Å². The summed E-state index contributed by atoms with van der Waals surface area (Å²) in [6, 6.07) is 18.0. The minimum absolute atomic E-state index is 0.0940. The van der Waals surface area contributed by atoms with Crippen molar-refractivity contribution >= 4 is 29.5 Å². The summed E-state index contributed by atoms with van der Waals surface area (Å²) in [6.07, 6.45) is 4.43. The molecule has 1 fully saturated rings. The first-order chi connectivity index (χ1) is 24.7. The van der Waals surface area contributed by atoms with Gasteiger partial charge < -0.3 is 34.5 Å². The first-order valence-corrected chi connectivity index (χ1v) is 17.1. The lowest BCUT2D eigenvalue weighted by atomic mass is 10.0. The van der Waals surface area contributed by atoms with Crippen molar-refractivity contribution in [3.63, 3.8) is 0 Å². The number of carbonyl (C=O) groups excluding carboxylic acids is 5. The van der Waals surface area contributed by atoms with Crippen LogP contribution in [-0.4, -0.2) is 81.0 Å². The van der Waals surface area contributed by atoms with Crippen LogP contribution in [-0.2, 0) is 38.6 Å². The molecular weight excluding hydrogens is 656 g/mol. The van der Waals surface area contributed by atoms with Crippen molar-refractivity contribution in [3.8, 4) is 23.0 Å². The molecule has 1 atom stereocenters. The predicted molar refractivity (Wildman–Crippen MR) is 187 cm³/mol. The maximum atomic E-state index is 13.0. The second-order valence-corrected chi connectivity index (χ2v) is 12.4. The number of carbonyl (C=O) groups is 5. The summed E-state index contributed by atoms with van der Waals surface area (Å²) in [4.78, 5) is 63.0. The Hall–Kier alpha value is -5.59. The number of nitrogens with zero attached hydrogens (tertiary/aromatic N) is 1. The third-order valence-electron chi connectivity index (χ3n) is 8.79. The number of aryl methyl sites for hydroxylation is 2. The fourth-order valence-electron chi connectivity index (χ4n) is 6.12. The van der Waals surface area contributed by atoms with E-state index in [1.165, 1.54) is 10.5 Å². The molecule has 5 rings (SSSR count). The van der Waals surface area contributed by atoms with Crippen LogP contribution in [0.5, 0.6) is 23.0 Å². The van der Waals surface area contributed by atoms with Crippen LogP contribution in [0.3, 0.4) is 0 Å². The number of piperidine rings is 1. The van der Waals surface area contributed by atoms with Gasteiger partial charge in [0.25, 0.3) is 17.7 Å². The van der Waals surface area contributed by atoms with E-state index in [2.05, 4.69) is 16.0 Å². The van der Waals surface area contributed by atoms with Crippen molar-refractivity contribution in [3.05, 3.63) is 82.9 Å². The maximum Gasteiger partial charge on any atom is 0.257 e. The van der Waals surface area contributed by atoms with Gasteiger partial charge in [-0.25, -0.2) is 0 Å². The summed E-state index contributed by atoms with van der Waals surface area (Å²) >= 11 is 0. The van der Waals surface area contributed by atoms with E-state index in [4.69, 9.17) is 18.9 Å². The molecule has 51 heavy (non-hydrogen) atoms. The second-order valence-electron chi connectivity index (χ2n) is 12.4. The highest BCUT2D eigenvalue weighted by molar-refractivity contribution is 6.05. The van der Waals surface area contributed by atoms with E-state index in [-0.39, 0.29) is 56.2 Å². The van der Waals surface area contributed by atoms with E-state index < -0.39 is 11.9 Å². The highest BCUT2D eigenvalue weighted by atomic mass is 16.5. The monoisotopic (exact) mass is 700 g/mol. The minimum Gasteiger partial charge on any atom is -0.493 e. The Morgan fingerprint density at radius 1 is 0.784 bits per heavy atom. The van der Waals surface area contributed by atoms with Gasteiger partial charge >= 0.3 is 0 Å². The van der Waals surface area contributed by atoms with Crippen molar-refractivity contribution in [2.45, 2.75) is 57.5 Å². The van der Waals surface area contributed by atoms with Gasteiger partial charge in [-0.15, -0.1) is 0 Å². The summed E-state index contributed by atoms with van der Waals surface area (Å²) < 4.78 is 22.2. The average Bonchev–Trinajstić information content (AvgIpc) is 3.47. The maximum absolute atomic E-state index is 13.0. The molecule has 3 aromatic rings. The molecule has 13 nitrogen and oxygen atoms in total. The number of fused-ring (bicyclic) bond motifs is 1. The molecule has 3 aromatic carbocycles. The number of amides is 5. The van der Waals surface area contributed by atoms with Gasteiger partial charge in [0.1, 0.15) is 17.5 Å². The first-order valence-electron chi connectivity index (χ1n) is 17.1. The van der Waals surface area contributed by atoms with Gasteiger partial charge in [0.2, 0.25) is 11.8 Å². The van der Waals surface area contributed by atoms with Gasteiger partial charge in [0, 0.05) is 30.6 Å². The summed E-state index contributed by atoms with van der Waals surface area (Å²) in [6.45, 7) is 0.671. The van der Waals surface area contributed by atoms with E-state index >= 15 is 0 Å². The third-order valence-corrected chi connectivity index (χ3v) is 8.79. The van der Waals surface area contributed by atoms with Gasteiger partial charge in [-0.1, -0.05) is 24.3 Å². The number of benzene rings is 3. The zero-order valence-electron chi connectivity index (χ0n) is 29.0. The van der Waals surface area contributed by atoms with E-state index in [9.17, 15) is 24.0 Å². The largest absolute Gasteiger partial charge is 0.493 e. The average molecular weight is 701 g/mol. The van der Waals surface area contributed by atoms with Crippen molar-refractivity contribution in [2.75, 3.05) is 40.5 Å². The third kappa shape index (κ3) is 9.99. The number of unbranched alkanes of at least 4 members (excludes halogenated alkanes) is 1. The van der Waals surface area contributed by atoms with Gasteiger partial charge in [-0.2, -0.15) is 0 Å². The molecule has 0 saturated carbocycles. The van der Waals surface area contributed by atoms with E-state index in [0.29, 0.717) is 60.1 Å². The molecule has 1 unspecified atom stereocenters. The first kappa shape index (κ1) is 36.7. The van der Waals surface area contributed by atoms with Crippen LogP contribution < -0.4 is 34.9 Å². The number of hydrogen-bond acceptors (Lipinski definition) is 9. The molecule has 2 heterocycles. The second kappa shape index (κ2) is 17.9. The highest BCUT2D eigenvalue weighted by Crippen LogP contribution is 2.33. The summed E-state index contributed by atoms with van der Waals surface area (Å²) in [7, 11) is 3.25. The van der Waals surface area contributed by atoms with Crippen LogP contribution in [0, 0.1) is 0 Å². The molecule has 0 aliphatic carbocycles. The van der Waals surface area contributed by atoms with Crippen LogP contribution >= 0.6 is 0 Å². The van der Waals surface area contributed by atoms with Crippen molar-refractivity contribution in [1.29, 1.82) is 0 Å². The summed E-state index contributed by atoms with van der Waals surface area (Å²) in [5.74, 6) is 0.768. The molecule has 13 heteroatoms. The summed E-state index contributed by atoms with van der Waals surface area (Å²) in [5.41, 5.74) is 3.31. The van der Waals surface area contributed by atoms with Crippen molar-refractivity contribution in [2.24, 2.45) is 0 Å². The van der Waals surface area contributed by atoms with Crippen LogP contribution in [0.4, 0.5) is 0 Å². The predicted octanol–water partition coefficient (Wildman–Crippen LogP) is 3.11. The Bertz CT molecular complexity index is 1740. The van der Waals surface area contributed by atoms with Crippen molar-refractivity contribution < 1.29 is 42.9 Å². The fraction of sp³-hybridized carbons (Fsp3) is 0.395. The SMILES string of the molecule is COc1ccc(CCCc2cccc(OCC(=O)NCCCCNC(=O)COc3cccc4c3CN(C3CCC(=O)NC3=O)C4=O)c2)cc1OC. The lowest BCUT2D eigenvalue weighted by molar-refractivity contribution is -0.137. The number of hydrogen-bond donors (Lipinski definition) is 3. The van der Waals surface area contributed by atoms with Crippen LogP contribution in [0.25, 0.3) is 0 Å². The molecule has 3 N–H and O–H groups in total. The Morgan fingerprint density at radius 2 is 1.47 bits per heavy atom. The van der Waals surface area contributed by atoms with Gasteiger partial charge in [-0.3, -0.25) is 29.3 Å². The number of methoxy groups -OCH3 is 2. The molecular formula is C38H44N4O9. The summed E-state index contributed by atoms with van der Waals surface area (Å²) in [5, 5.41) is 7.92. The quantitative estimate of drug-likeness (QED) is 0.134. The highest BCUT2D eigenvalue weighted by Gasteiger charge is 2.40. The van der Waals surface area contributed by atoms with Crippen molar-refractivity contribution in [1.82, 2.24) is 20.9 Å². The van der Waals surface area contributed by atoms with Crippen LogP contribution in [0.15, 0.2) is 60.7 Å².